The molecule has 1 heterocycles. The topological polar surface area (TPSA) is 134 Å². The number of hydrogen-bond acceptors (Lipinski definition) is 7. The van der Waals surface area contributed by atoms with Gasteiger partial charge in [0.15, 0.2) is 0 Å². The van der Waals surface area contributed by atoms with Gasteiger partial charge < -0.3 is 20.3 Å². The molecule has 0 radical (unpaired) electrons. The van der Waals surface area contributed by atoms with Crippen LogP contribution in [0.1, 0.15) is 51.2 Å². The molecule has 3 aromatic carbocycles. The molecule has 0 bridgehead atoms. The second-order valence-electron chi connectivity index (χ2n) is 13.9. The van der Waals surface area contributed by atoms with Crippen LogP contribution in [-0.2, 0) is 37.4 Å². The SMILES string of the molecule is CC(C)(C)[C@H](Nc1ccc(F)cc1)C(=O)N1Cc2ccc(Oc3cccc(Cl)c3)cc2C[C@@H]1C(=O)N[C@]1(C(=O)NS(=O)(=O)C2CC2)C[C@H]1I. The maximum atomic E-state index is 14.5. The second kappa shape index (κ2) is 13.4. The van der Waals surface area contributed by atoms with E-state index in [9.17, 15) is 27.2 Å². The van der Waals surface area contributed by atoms with Crippen molar-refractivity contribution in [2.24, 2.45) is 5.41 Å². The van der Waals surface area contributed by atoms with Crippen molar-refractivity contribution >= 4 is 67.6 Å². The van der Waals surface area contributed by atoms with Gasteiger partial charge in [-0.2, -0.15) is 0 Å². The van der Waals surface area contributed by atoms with Gasteiger partial charge in [0, 0.05) is 27.6 Å². The highest BCUT2D eigenvalue weighted by Gasteiger charge is 2.62. The molecule has 0 spiro atoms. The number of alkyl halides is 1. The molecule has 14 heteroatoms. The maximum Gasteiger partial charge on any atom is 0.260 e. The summed E-state index contributed by atoms with van der Waals surface area (Å²) < 4.78 is 46.8. The van der Waals surface area contributed by atoms with Gasteiger partial charge in [-0.05, 0) is 90.4 Å². The molecule has 0 unspecified atom stereocenters. The smallest absolute Gasteiger partial charge is 0.260 e. The Labute approximate surface area is 303 Å². The van der Waals surface area contributed by atoms with E-state index in [2.05, 4.69) is 15.4 Å². The van der Waals surface area contributed by atoms with Gasteiger partial charge in [-0.3, -0.25) is 19.1 Å². The van der Waals surface area contributed by atoms with Crippen molar-refractivity contribution < 1.29 is 31.9 Å². The summed E-state index contributed by atoms with van der Waals surface area (Å²) in [6, 6.07) is 16.2. The predicted octanol–water partition coefficient (Wildman–Crippen LogP) is 5.72. The first-order valence-electron chi connectivity index (χ1n) is 16.0. The Morgan fingerprint density at radius 3 is 2.31 bits per heavy atom. The molecular weight excluding hydrogens is 786 g/mol. The van der Waals surface area contributed by atoms with Gasteiger partial charge in [-0.15, -0.1) is 0 Å². The molecule has 4 atom stereocenters. The van der Waals surface area contributed by atoms with Crippen molar-refractivity contribution in [1.29, 1.82) is 0 Å². The number of benzene rings is 3. The summed E-state index contributed by atoms with van der Waals surface area (Å²) in [6.07, 6.45) is 1.32. The van der Waals surface area contributed by atoms with E-state index in [4.69, 9.17) is 16.3 Å². The summed E-state index contributed by atoms with van der Waals surface area (Å²) in [6.45, 7) is 5.76. The van der Waals surface area contributed by atoms with E-state index in [1.807, 2.05) is 55.5 Å². The lowest BCUT2D eigenvalue weighted by molar-refractivity contribution is -0.144. The molecule has 3 amide bonds. The summed E-state index contributed by atoms with van der Waals surface area (Å²) >= 11 is 8.17. The normalized spacial score (nSPS) is 22.4. The molecule has 3 N–H and O–H groups in total. The Kier molecular flexibility index (Phi) is 9.65. The van der Waals surface area contributed by atoms with Crippen molar-refractivity contribution in [3.8, 4) is 11.5 Å². The molecule has 2 saturated carbocycles. The van der Waals surface area contributed by atoms with E-state index in [0.717, 1.165) is 11.1 Å². The first-order valence-corrected chi connectivity index (χ1v) is 19.1. The van der Waals surface area contributed by atoms with Gasteiger partial charge in [0.05, 0.1) is 5.25 Å². The standard InChI is InChI=1S/C35H37ClFIN4O6S/c1-34(2,3)30(39-24-10-8-23(37)9-11-24)32(44)42-19-20-7-12-26(48-25-6-4-5-22(36)17-25)15-21(20)16-28(42)31(43)40-35(18-29(35)38)33(45)41-49(46,47)27-13-14-27/h4-12,15,17,27-30,39H,13-14,16,18-19H2,1-3H3,(H,40,43)(H,41,45)/t28-,29-,30-,35-/m1/s1. The van der Waals surface area contributed by atoms with Crippen LogP contribution >= 0.6 is 34.2 Å². The molecule has 2 fully saturated rings. The monoisotopic (exact) mass is 822 g/mol. The van der Waals surface area contributed by atoms with Crippen LogP contribution in [0.3, 0.4) is 0 Å². The van der Waals surface area contributed by atoms with Gasteiger partial charge >= 0.3 is 0 Å². The van der Waals surface area contributed by atoms with E-state index in [1.165, 1.54) is 17.0 Å². The van der Waals surface area contributed by atoms with E-state index in [1.54, 1.807) is 42.5 Å². The van der Waals surface area contributed by atoms with Crippen molar-refractivity contribution in [3.05, 3.63) is 88.7 Å². The summed E-state index contributed by atoms with van der Waals surface area (Å²) in [7, 11) is -3.84. The summed E-state index contributed by atoms with van der Waals surface area (Å²) in [4.78, 5) is 43.7. The molecule has 10 nitrogen and oxygen atoms in total. The molecule has 49 heavy (non-hydrogen) atoms. The molecule has 0 aromatic heterocycles. The molecule has 260 valence electrons. The molecule has 1 aliphatic heterocycles. The number of ether oxygens (including phenoxy) is 1. The third-order valence-corrected chi connectivity index (χ3v) is 12.6. The Balaban J connectivity index is 1.31. The minimum absolute atomic E-state index is 0.0876. The summed E-state index contributed by atoms with van der Waals surface area (Å²) in [5.74, 6) is -1.08. The first kappa shape index (κ1) is 35.4. The highest BCUT2D eigenvalue weighted by molar-refractivity contribution is 14.1. The minimum Gasteiger partial charge on any atom is -0.457 e. The minimum atomic E-state index is -3.84. The van der Waals surface area contributed by atoms with Crippen LogP contribution in [0.25, 0.3) is 0 Å². The van der Waals surface area contributed by atoms with Crippen molar-refractivity contribution in [2.45, 2.75) is 79.8 Å². The lowest BCUT2D eigenvalue weighted by Crippen LogP contribution is -2.61. The fourth-order valence-electron chi connectivity index (χ4n) is 5.91. The zero-order valence-corrected chi connectivity index (χ0v) is 30.9. The molecule has 3 aliphatic rings. The lowest BCUT2D eigenvalue weighted by Gasteiger charge is -2.41. The average Bonchev–Trinajstić information content (AvgIpc) is 3.96. The average molecular weight is 823 g/mol. The van der Waals surface area contributed by atoms with Crippen molar-refractivity contribution in [3.63, 3.8) is 0 Å². The molecule has 0 saturated heterocycles. The maximum absolute atomic E-state index is 14.5. The second-order valence-corrected chi connectivity index (χ2v) is 17.8. The third-order valence-electron chi connectivity index (χ3n) is 9.02. The third kappa shape index (κ3) is 7.83. The number of nitrogens with zero attached hydrogens (tertiary/aromatic N) is 1. The number of anilines is 1. The highest BCUT2D eigenvalue weighted by Crippen LogP contribution is 2.44. The summed E-state index contributed by atoms with van der Waals surface area (Å²) in [5.41, 5.74) is 0.0607. The molecule has 2 aliphatic carbocycles. The van der Waals surface area contributed by atoms with Crippen molar-refractivity contribution in [1.82, 2.24) is 14.9 Å². The fourth-order valence-corrected chi connectivity index (χ4v) is 8.59. The van der Waals surface area contributed by atoms with Crippen LogP contribution in [0.15, 0.2) is 66.7 Å². The number of fused-ring (bicyclic) bond motifs is 1. The van der Waals surface area contributed by atoms with Gasteiger partial charge in [-0.25, -0.2) is 12.8 Å². The van der Waals surface area contributed by atoms with Crippen LogP contribution in [0.2, 0.25) is 5.02 Å². The molecule has 6 rings (SSSR count). The number of sulfonamides is 1. The van der Waals surface area contributed by atoms with Crippen LogP contribution in [-0.4, -0.2) is 57.8 Å². The van der Waals surface area contributed by atoms with E-state index in [0.29, 0.717) is 35.1 Å². The number of carbonyl (C=O) groups excluding carboxylic acids is 3. The van der Waals surface area contributed by atoms with Crippen LogP contribution in [0.4, 0.5) is 10.1 Å². The number of amides is 3. The van der Waals surface area contributed by atoms with Crippen LogP contribution < -0.4 is 20.1 Å². The fraction of sp³-hybridized carbons (Fsp3) is 0.400. The quantitative estimate of drug-likeness (QED) is 0.176. The van der Waals surface area contributed by atoms with E-state index in [-0.39, 0.29) is 29.2 Å². The van der Waals surface area contributed by atoms with Gasteiger partial charge in [0.25, 0.3) is 5.91 Å². The number of halogens is 3. The van der Waals surface area contributed by atoms with E-state index >= 15 is 0 Å². The highest BCUT2D eigenvalue weighted by atomic mass is 127. The Hall–Kier alpha value is -3.43. The predicted molar refractivity (Wildman–Crippen MR) is 193 cm³/mol. The number of hydrogen-bond donors (Lipinski definition) is 3. The number of rotatable bonds is 10. The molecular formula is C35H37ClFIN4O6S. The Bertz CT molecular complexity index is 1900. The zero-order chi connectivity index (χ0) is 35.3. The Morgan fingerprint density at radius 2 is 1.69 bits per heavy atom. The zero-order valence-electron chi connectivity index (χ0n) is 27.1. The summed E-state index contributed by atoms with van der Waals surface area (Å²) in [5, 5.41) is 6.00. The van der Waals surface area contributed by atoms with Crippen LogP contribution in [0, 0.1) is 11.2 Å². The molecule has 3 aromatic rings. The van der Waals surface area contributed by atoms with Gasteiger partial charge in [0.2, 0.25) is 21.8 Å². The van der Waals surface area contributed by atoms with Gasteiger partial charge in [0.1, 0.15) is 34.9 Å². The Morgan fingerprint density at radius 1 is 1.02 bits per heavy atom. The largest absolute Gasteiger partial charge is 0.457 e. The van der Waals surface area contributed by atoms with Crippen molar-refractivity contribution in [2.75, 3.05) is 5.32 Å². The van der Waals surface area contributed by atoms with E-state index < -0.39 is 55.9 Å². The first-order chi connectivity index (χ1) is 23.1. The van der Waals surface area contributed by atoms with Crippen LogP contribution in [0.5, 0.6) is 11.5 Å². The van der Waals surface area contributed by atoms with Gasteiger partial charge in [-0.1, -0.05) is 67.1 Å². The number of carbonyl (C=O) groups is 3. The number of nitrogens with one attached hydrogen (secondary N) is 3. The lowest BCUT2D eigenvalue weighted by atomic mass is 9.84.